The summed E-state index contributed by atoms with van der Waals surface area (Å²) in [5, 5.41) is 0. The van der Waals surface area contributed by atoms with Crippen LogP contribution in [-0.2, 0) is 4.74 Å². The van der Waals surface area contributed by atoms with Gasteiger partial charge in [-0.2, -0.15) is 0 Å². The zero-order valence-electron chi connectivity index (χ0n) is 12.9. The highest BCUT2D eigenvalue weighted by molar-refractivity contribution is 5.10. The van der Waals surface area contributed by atoms with Crippen LogP contribution in [0.2, 0.25) is 0 Å². The molecule has 18 heavy (non-hydrogen) atoms. The van der Waals surface area contributed by atoms with Gasteiger partial charge in [0.05, 0.1) is 11.7 Å². The van der Waals surface area contributed by atoms with Gasteiger partial charge in [-0.1, -0.05) is 27.2 Å². The average Bonchev–Trinajstić information content (AvgIpc) is 2.53. The SMILES string of the molecule is C[C@@H]1C[C@H]2C3(C)CCCC(C)(C)[C@@H]3CC[C@]2(C)O1. The largest absolute Gasteiger partial charge is 0.372 e. The van der Waals surface area contributed by atoms with E-state index in [9.17, 15) is 0 Å². The third-order valence-electron chi connectivity index (χ3n) is 6.78. The van der Waals surface area contributed by atoms with Crippen LogP contribution in [-0.4, -0.2) is 11.7 Å². The standard InChI is InChI=1S/C17H30O/c1-12-11-14-16(4)9-6-8-15(2,3)13(16)7-10-17(14,5)18-12/h12-14H,6-11H2,1-5H3/t12-,13+,14+,16?,17+/m1/s1. The Morgan fingerprint density at radius 2 is 1.67 bits per heavy atom. The first-order chi connectivity index (χ1) is 8.28. The Kier molecular flexibility index (Phi) is 2.70. The summed E-state index contributed by atoms with van der Waals surface area (Å²) in [6.07, 6.45) is 8.70. The number of ether oxygens (including phenoxy) is 1. The zero-order chi connectivity index (χ0) is 13.2. The van der Waals surface area contributed by atoms with Crippen LogP contribution in [0.3, 0.4) is 0 Å². The molecule has 0 aromatic rings. The Hall–Kier alpha value is -0.0400. The molecule has 3 rings (SSSR count). The molecular weight excluding hydrogens is 220 g/mol. The Labute approximate surface area is 113 Å². The van der Waals surface area contributed by atoms with E-state index in [0.717, 1.165) is 11.8 Å². The third kappa shape index (κ3) is 1.62. The van der Waals surface area contributed by atoms with Gasteiger partial charge in [-0.15, -0.1) is 0 Å². The molecule has 0 spiro atoms. The van der Waals surface area contributed by atoms with E-state index in [1.54, 1.807) is 0 Å². The molecule has 104 valence electrons. The van der Waals surface area contributed by atoms with E-state index in [1.165, 1.54) is 38.5 Å². The molecule has 1 saturated heterocycles. The van der Waals surface area contributed by atoms with Gasteiger partial charge in [-0.05, 0) is 68.6 Å². The van der Waals surface area contributed by atoms with Gasteiger partial charge in [0.15, 0.2) is 0 Å². The molecular formula is C17H30O. The molecule has 1 heteroatoms. The van der Waals surface area contributed by atoms with E-state index in [0.29, 0.717) is 16.9 Å². The number of rotatable bonds is 0. The van der Waals surface area contributed by atoms with Crippen molar-refractivity contribution in [1.29, 1.82) is 0 Å². The zero-order valence-corrected chi connectivity index (χ0v) is 12.9. The van der Waals surface area contributed by atoms with Crippen molar-refractivity contribution >= 4 is 0 Å². The van der Waals surface area contributed by atoms with Crippen molar-refractivity contribution in [3.8, 4) is 0 Å². The predicted molar refractivity (Wildman–Crippen MR) is 75.5 cm³/mol. The van der Waals surface area contributed by atoms with Crippen LogP contribution in [0.1, 0.15) is 73.1 Å². The minimum absolute atomic E-state index is 0.179. The molecule has 5 atom stereocenters. The van der Waals surface area contributed by atoms with Gasteiger partial charge in [-0.3, -0.25) is 0 Å². The Morgan fingerprint density at radius 1 is 0.944 bits per heavy atom. The van der Waals surface area contributed by atoms with Crippen LogP contribution >= 0.6 is 0 Å². The van der Waals surface area contributed by atoms with Crippen molar-refractivity contribution in [2.75, 3.05) is 0 Å². The second kappa shape index (κ2) is 3.75. The molecule has 2 saturated carbocycles. The van der Waals surface area contributed by atoms with Crippen LogP contribution in [0.4, 0.5) is 0 Å². The molecule has 0 aromatic carbocycles. The quantitative estimate of drug-likeness (QED) is 0.600. The van der Waals surface area contributed by atoms with E-state index in [1.807, 2.05) is 0 Å². The topological polar surface area (TPSA) is 9.23 Å². The molecule has 0 N–H and O–H groups in total. The molecule has 1 aliphatic heterocycles. The predicted octanol–water partition coefficient (Wildman–Crippen LogP) is 4.80. The molecule has 3 aliphatic rings. The maximum Gasteiger partial charge on any atom is 0.0692 e. The fourth-order valence-corrected chi connectivity index (χ4v) is 6.11. The fourth-order valence-electron chi connectivity index (χ4n) is 6.11. The van der Waals surface area contributed by atoms with E-state index >= 15 is 0 Å². The van der Waals surface area contributed by atoms with Crippen LogP contribution in [0.15, 0.2) is 0 Å². The maximum atomic E-state index is 6.34. The second-order valence-corrected chi connectivity index (χ2v) is 8.47. The molecule has 1 unspecified atom stereocenters. The van der Waals surface area contributed by atoms with Gasteiger partial charge in [0.25, 0.3) is 0 Å². The number of hydrogen-bond donors (Lipinski definition) is 0. The molecule has 0 bridgehead atoms. The van der Waals surface area contributed by atoms with E-state index < -0.39 is 0 Å². The molecule has 0 amide bonds. The van der Waals surface area contributed by atoms with Gasteiger partial charge in [-0.25, -0.2) is 0 Å². The van der Waals surface area contributed by atoms with Crippen molar-refractivity contribution in [1.82, 2.24) is 0 Å². The van der Waals surface area contributed by atoms with Crippen LogP contribution in [0, 0.1) is 22.7 Å². The van der Waals surface area contributed by atoms with Crippen molar-refractivity contribution in [3.63, 3.8) is 0 Å². The van der Waals surface area contributed by atoms with E-state index in [4.69, 9.17) is 4.74 Å². The van der Waals surface area contributed by atoms with Crippen LogP contribution < -0.4 is 0 Å². The summed E-state index contributed by atoms with van der Waals surface area (Å²) >= 11 is 0. The lowest BCUT2D eigenvalue weighted by Crippen LogP contribution is -2.55. The van der Waals surface area contributed by atoms with Gasteiger partial charge in [0.1, 0.15) is 0 Å². The van der Waals surface area contributed by atoms with E-state index in [2.05, 4.69) is 34.6 Å². The molecule has 3 fully saturated rings. The Bertz CT molecular complexity index is 348. The summed E-state index contributed by atoms with van der Waals surface area (Å²) in [6.45, 7) is 12.3. The lowest BCUT2D eigenvalue weighted by atomic mass is 9.45. The fraction of sp³-hybridized carbons (Fsp3) is 1.00. The summed E-state index contributed by atoms with van der Waals surface area (Å²) in [7, 11) is 0. The Balaban J connectivity index is 1.98. The van der Waals surface area contributed by atoms with Crippen molar-refractivity contribution in [2.45, 2.75) is 84.8 Å². The molecule has 1 nitrogen and oxygen atoms in total. The minimum Gasteiger partial charge on any atom is -0.372 e. The lowest BCUT2D eigenvalue weighted by molar-refractivity contribution is -0.153. The first-order valence-electron chi connectivity index (χ1n) is 7.96. The maximum absolute atomic E-state index is 6.34. The first-order valence-corrected chi connectivity index (χ1v) is 7.96. The summed E-state index contributed by atoms with van der Waals surface area (Å²) in [4.78, 5) is 0. The Morgan fingerprint density at radius 3 is 2.39 bits per heavy atom. The first kappa shape index (κ1) is 13.0. The minimum atomic E-state index is 0.179. The van der Waals surface area contributed by atoms with Crippen LogP contribution in [0.25, 0.3) is 0 Å². The van der Waals surface area contributed by atoms with Gasteiger partial charge >= 0.3 is 0 Å². The van der Waals surface area contributed by atoms with Gasteiger partial charge in [0, 0.05) is 0 Å². The number of hydrogen-bond acceptors (Lipinski definition) is 1. The number of fused-ring (bicyclic) bond motifs is 3. The van der Waals surface area contributed by atoms with Crippen molar-refractivity contribution in [2.24, 2.45) is 22.7 Å². The third-order valence-corrected chi connectivity index (χ3v) is 6.78. The van der Waals surface area contributed by atoms with Gasteiger partial charge in [0.2, 0.25) is 0 Å². The van der Waals surface area contributed by atoms with Crippen LogP contribution in [0.5, 0.6) is 0 Å². The summed E-state index contributed by atoms with van der Waals surface area (Å²) < 4.78 is 6.34. The molecule has 2 aliphatic carbocycles. The smallest absolute Gasteiger partial charge is 0.0692 e. The van der Waals surface area contributed by atoms with E-state index in [-0.39, 0.29) is 5.60 Å². The molecule has 1 heterocycles. The lowest BCUT2D eigenvalue weighted by Gasteiger charge is -2.60. The average molecular weight is 250 g/mol. The summed E-state index contributed by atoms with van der Waals surface area (Å²) in [5.41, 5.74) is 1.25. The summed E-state index contributed by atoms with van der Waals surface area (Å²) in [5.74, 6) is 1.70. The monoisotopic (exact) mass is 250 g/mol. The molecule has 0 aromatic heterocycles. The summed E-state index contributed by atoms with van der Waals surface area (Å²) in [6, 6.07) is 0. The van der Waals surface area contributed by atoms with Gasteiger partial charge < -0.3 is 4.74 Å². The highest BCUT2D eigenvalue weighted by Gasteiger charge is 2.61. The van der Waals surface area contributed by atoms with Crippen molar-refractivity contribution < 1.29 is 4.74 Å². The van der Waals surface area contributed by atoms with Crippen molar-refractivity contribution in [3.05, 3.63) is 0 Å². The molecule has 0 radical (unpaired) electrons. The highest BCUT2D eigenvalue weighted by atomic mass is 16.5. The highest BCUT2D eigenvalue weighted by Crippen LogP contribution is 2.65. The normalized spacial score (nSPS) is 54.8. The second-order valence-electron chi connectivity index (χ2n) is 8.47.